The maximum absolute atomic E-state index is 11.4. The van der Waals surface area contributed by atoms with Gasteiger partial charge in [-0.1, -0.05) is 12.8 Å². The van der Waals surface area contributed by atoms with Crippen molar-refractivity contribution in [2.45, 2.75) is 63.3 Å². The number of nitrogens with zero attached hydrogens (tertiary/aromatic N) is 1. The number of aliphatic carboxylic acids is 1. The number of ether oxygens (including phenoxy) is 1. The predicted octanol–water partition coefficient (Wildman–Crippen LogP) is 2.67. The molecule has 0 amide bonds. The van der Waals surface area contributed by atoms with Crippen LogP contribution in [0, 0.1) is 5.41 Å². The van der Waals surface area contributed by atoms with E-state index in [4.69, 9.17) is 4.74 Å². The molecule has 1 aliphatic heterocycles. The third-order valence-electron chi connectivity index (χ3n) is 6.07. The molecule has 2 aliphatic carbocycles. The van der Waals surface area contributed by atoms with Crippen molar-refractivity contribution < 1.29 is 14.6 Å². The molecule has 3 fully saturated rings. The average molecular weight is 281 g/mol. The Bertz CT molecular complexity index is 347. The van der Waals surface area contributed by atoms with E-state index in [2.05, 4.69) is 4.90 Å². The average Bonchev–Trinajstić information content (AvgIpc) is 2.91. The highest BCUT2D eigenvalue weighted by Gasteiger charge is 2.47. The summed E-state index contributed by atoms with van der Waals surface area (Å²) in [6, 6.07) is 0. The number of rotatable bonds is 3. The van der Waals surface area contributed by atoms with Gasteiger partial charge in [0.25, 0.3) is 0 Å². The fourth-order valence-corrected chi connectivity index (χ4v) is 4.79. The topological polar surface area (TPSA) is 49.8 Å². The Morgan fingerprint density at radius 1 is 1.00 bits per heavy atom. The first-order valence-electron chi connectivity index (χ1n) is 8.19. The number of hydrogen-bond donors (Lipinski definition) is 1. The largest absolute Gasteiger partial charge is 0.481 e. The second-order valence-corrected chi connectivity index (χ2v) is 7.10. The van der Waals surface area contributed by atoms with Crippen molar-refractivity contribution in [2.75, 3.05) is 26.3 Å². The monoisotopic (exact) mass is 281 g/mol. The zero-order chi connectivity index (χ0) is 14.1. The number of morpholine rings is 1. The third-order valence-corrected chi connectivity index (χ3v) is 6.07. The van der Waals surface area contributed by atoms with Gasteiger partial charge in [-0.15, -0.1) is 0 Å². The van der Waals surface area contributed by atoms with Crippen LogP contribution in [0.25, 0.3) is 0 Å². The van der Waals surface area contributed by atoms with Crippen LogP contribution in [0.5, 0.6) is 0 Å². The van der Waals surface area contributed by atoms with Crippen molar-refractivity contribution >= 4 is 5.97 Å². The summed E-state index contributed by atoms with van der Waals surface area (Å²) in [7, 11) is 0. The Morgan fingerprint density at radius 2 is 1.60 bits per heavy atom. The zero-order valence-electron chi connectivity index (χ0n) is 12.4. The van der Waals surface area contributed by atoms with Crippen LogP contribution in [0.15, 0.2) is 0 Å². The normalized spacial score (nSPS) is 29.6. The summed E-state index contributed by atoms with van der Waals surface area (Å²) >= 11 is 0. The van der Waals surface area contributed by atoms with Crippen LogP contribution in [0.2, 0.25) is 0 Å². The highest BCUT2D eigenvalue weighted by Crippen LogP contribution is 2.53. The molecule has 0 aromatic carbocycles. The van der Waals surface area contributed by atoms with Crippen molar-refractivity contribution in [3.63, 3.8) is 0 Å². The van der Waals surface area contributed by atoms with Crippen molar-refractivity contribution in [3.8, 4) is 0 Å². The van der Waals surface area contributed by atoms with Gasteiger partial charge in [0.15, 0.2) is 0 Å². The first-order valence-corrected chi connectivity index (χ1v) is 8.19. The first-order chi connectivity index (χ1) is 9.64. The van der Waals surface area contributed by atoms with Crippen LogP contribution in [0.3, 0.4) is 0 Å². The van der Waals surface area contributed by atoms with E-state index in [-0.39, 0.29) is 5.54 Å². The fraction of sp³-hybridized carbons (Fsp3) is 0.938. The van der Waals surface area contributed by atoms with E-state index < -0.39 is 5.97 Å². The van der Waals surface area contributed by atoms with Crippen molar-refractivity contribution in [1.82, 2.24) is 4.90 Å². The Hall–Kier alpha value is -0.610. The predicted molar refractivity (Wildman–Crippen MR) is 76.7 cm³/mol. The third kappa shape index (κ3) is 2.73. The summed E-state index contributed by atoms with van der Waals surface area (Å²) in [4.78, 5) is 13.8. The van der Waals surface area contributed by atoms with E-state index >= 15 is 0 Å². The molecule has 0 bridgehead atoms. The minimum Gasteiger partial charge on any atom is -0.481 e. The highest BCUT2D eigenvalue weighted by molar-refractivity contribution is 5.68. The fourth-order valence-electron chi connectivity index (χ4n) is 4.79. The van der Waals surface area contributed by atoms with Gasteiger partial charge in [-0.3, -0.25) is 9.69 Å². The Balaban J connectivity index is 1.72. The van der Waals surface area contributed by atoms with Gasteiger partial charge in [-0.05, 0) is 43.9 Å². The van der Waals surface area contributed by atoms with Crippen LogP contribution in [0.1, 0.15) is 57.8 Å². The summed E-state index contributed by atoms with van der Waals surface area (Å²) in [5, 5.41) is 9.36. The van der Waals surface area contributed by atoms with Gasteiger partial charge < -0.3 is 9.84 Å². The second-order valence-electron chi connectivity index (χ2n) is 7.10. The van der Waals surface area contributed by atoms with Crippen molar-refractivity contribution in [3.05, 3.63) is 0 Å². The maximum Gasteiger partial charge on any atom is 0.305 e. The molecular weight excluding hydrogens is 254 g/mol. The van der Waals surface area contributed by atoms with Gasteiger partial charge >= 0.3 is 5.97 Å². The highest BCUT2D eigenvalue weighted by atomic mass is 16.5. The molecule has 20 heavy (non-hydrogen) atoms. The standard InChI is InChI=1S/C16H27NO3/c18-14(19)13-16(17-9-11-20-12-10-17)7-5-15(6-8-16)3-1-2-4-15/h1-13H2,(H,18,19). The maximum atomic E-state index is 11.4. The number of hydrogen-bond acceptors (Lipinski definition) is 3. The zero-order valence-corrected chi connectivity index (χ0v) is 12.4. The van der Waals surface area contributed by atoms with Gasteiger partial charge in [0, 0.05) is 18.6 Å². The molecule has 0 unspecified atom stereocenters. The van der Waals surface area contributed by atoms with Crippen LogP contribution in [-0.2, 0) is 9.53 Å². The SMILES string of the molecule is O=C(O)CC1(N2CCOCC2)CCC2(CCCC2)CC1. The molecule has 1 heterocycles. The quantitative estimate of drug-likeness (QED) is 0.864. The molecule has 1 N–H and O–H groups in total. The molecule has 0 aromatic heterocycles. The van der Waals surface area contributed by atoms with Crippen LogP contribution in [0.4, 0.5) is 0 Å². The van der Waals surface area contributed by atoms with Gasteiger partial charge in [0.05, 0.1) is 19.6 Å². The summed E-state index contributed by atoms with van der Waals surface area (Å²) < 4.78 is 5.44. The number of carboxylic acids is 1. The lowest BCUT2D eigenvalue weighted by Gasteiger charge is -2.51. The molecule has 4 heteroatoms. The van der Waals surface area contributed by atoms with E-state index in [9.17, 15) is 9.90 Å². The van der Waals surface area contributed by atoms with Crippen LogP contribution in [-0.4, -0.2) is 47.8 Å². The number of carbonyl (C=O) groups is 1. The van der Waals surface area contributed by atoms with Crippen LogP contribution >= 0.6 is 0 Å². The molecule has 3 aliphatic rings. The molecule has 4 nitrogen and oxygen atoms in total. The lowest BCUT2D eigenvalue weighted by Crippen LogP contribution is -2.56. The molecule has 1 saturated heterocycles. The minimum atomic E-state index is -0.640. The minimum absolute atomic E-state index is 0.0938. The Labute approximate surface area is 121 Å². The van der Waals surface area contributed by atoms with Gasteiger partial charge in [-0.2, -0.15) is 0 Å². The summed E-state index contributed by atoms with van der Waals surface area (Å²) in [6.45, 7) is 3.32. The van der Waals surface area contributed by atoms with Crippen molar-refractivity contribution in [1.29, 1.82) is 0 Å². The van der Waals surface area contributed by atoms with Crippen LogP contribution < -0.4 is 0 Å². The van der Waals surface area contributed by atoms with E-state index in [1.54, 1.807) is 0 Å². The molecule has 2 saturated carbocycles. The van der Waals surface area contributed by atoms with E-state index in [1.165, 1.54) is 38.5 Å². The summed E-state index contributed by atoms with van der Waals surface area (Å²) in [5.74, 6) is -0.640. The van der Waals surface area contributed by atoms with E-state index in [0.29, 0.717) is 11.8 Å². The first kappa shape index (κ1) is 14.3. The Morgan fingerprint density at radius 3 is 2.15 bits per heavy atom. The lowest BCUT2D eigenvalue weighted by molar-refractivity contribution is -0.144. The van der Waals surface area contributed by atoms with Gasteiger partial charge in [-0.25, -0.2) is 0 Å². The lowest BCUT2D eigenvalue weighted by atomic mass is 9.65. The summed E-state index contributed by atoms with van der Waals surface area (Å²) in [5.41, 5.74) is 0.470. The van der Waals surface area contributed by atoms with E-state index in [1.807, 2.05) is 0 Å². The van der Waals surface area contributed by atoms with Gasteiger partial charge in [0.1, 0.15) is 0 Å². The molecule has 0 atom stereocenters. The molecule has 3 rings (SSSR count). The molecule has 1 spiro atoms. The second kappa shape index (κ2) is 5.64. The number of carboxylic acid groups (broad SMARTS) is 1. The van der Waals surface area contributed by atoms with Crippen molar-refractivity contribution in [2.24, 2.45) is 5.41 Å². The Kier molecular flexibility index (Phi) is 4.04. The molecule has 114 valence electrons. The van der Waals surface area contributed by atoms with E-state index in [0.717, 1.165) is 39.1 Å². The summed E-state index contributed by atoms with van der Waals surface area (Å²) in [6.07, 6.45) is 10.4. The molecule has 0 radical (unpaired) electrons. The molecular formula is C16H27NO3. The molecule has 0 aromatic rings. The van der Waals surface area contributed by atoms with Gasteiger partial charge in [0.2, 0.25) is 0 Å². The smallest absolute Gasteiger partial charge is 0.305 e.